The average molecular weight is 235 g/mol. The predicted octanol–water partition coefficient (Wildman–Crippen LogP) is 2.60. The molecule has 0 spiro atoms. The number of aromatic nitrogens is 2. The second-order valence-electron chi connectivity index (χ2n) is 3.46. The lowest BCUT2D eigenvalue weighted by molar-refractivity contribution is 0.276. The number of hydrogen-bond donors (Lipinski definition) is 1. The molecule has 1 aromatic carbocycles. The van der Waals surface area contributed by atoms with Gasteiger partial charge in [-0.25, -0.2) is 9.97 Å². The van der Waals surface area contributed by atoms with E-state index in [-0.39, 0.29) is 6.61 Å². The lowest BCUT2D eigenvalue weighted by atomic mass is 10.2. The largest absolute Gasteiger partial charge is 0.390 e. The lowest BCUT2D eigenvalue weighted by Gasteiger charge is -2.05. The Balaban J connectivity index is 2.56. The number of hydrogen-bond acceptors (Lipinski definition) is 3. The highest BCUT2D eigenvalue weighted by molar-refractivity contribution is 6.33. The van der Waals surface area contributed by atoms with Gasteiger partial charge in [0.2, 0.25) is 0 Å². The van der Waals surface area contributed by atoms with Crippen molar-refractivity contribution in [1.82, 2.24) is 9.97 Å². The highest BCUT2D eigenvalue weighted by Gasteiger charge is 2.07. The van der Waals surface area contributed by atoms with Crippen LogP contribution in [0.2, 0.25) is 5.02 Å². The number of aryl methyl sites for hydroxylation is 1. The number of rotatable bonds is 2. The van der Waals surface area contributed by atoms with Crippen LogP contribution in [0.1, 0.15) is 11.4 Å². The molecular weight excluding hydrogens is 224 g/mol. The summed E-state index contributed by atoms with van der Waals surface area (Å²) in [5.74, 6) is 0.551. The predicted molar refractivity (Wildman–Crippen MR) is 63.1 cm³/mol. The van der Waals surface area contributed by atoms with Gasteiger partial charge in [-0.2, -0.15) is 0 Å². The summed E-state index contributed by atoms with van der Waals surface area (Å²) in [6, 6.07) is 9.14. The van der Waals surface area contributed by atoms with Gasteiger partial charge in [-0.1, -0.05) is 23.7 Å². The van der Waals surface area contributed by atoms with E-state index in [2.05, 4.69) is 9.97 Å². The summed E-state index contributed by atoms with van der Waals surface area (Å²) in [7, 11) is 0. The molecule has 1 aromatic heterocycles. The van der Waals surface area contributed by atoms with Crippen LogP contribution in [0.25, 0.3) is 11.4 Å². The molecule has 0 saturated heterocycles. The molecule has 0 amide bonds. The fourth-order valence-corrected chi connectivity index (χ4v) is 1.70. The average Bonchev–Trinajstić information content (AvgIpc) is 2.28. The van der Waals surface area contributed by atoms with Crippen molar-refractivity contribution < 1.29 is 5.11 Å². The van der Waals surface area contributed by atoms with Gasteiger partial charge >= 0.3 is 0 Å². The Labute approximate surface area is 98.8 Å². The monoisotopic (exact) mass is 234 g/mol. The van der Waals surface area contributed by atoms with Crippen LogP contribution in [0.3, 0.4) is 0 Å². The number of halogens is 1. The number of nitrogens with zero attached hydrogens (tertiary/aromatic N) is 2. The van der Waals surface area contributed by atoms with Gasteiger partial charge in [0.15, 0.2) is 5.82 Å². The van der Waals surface area contributed by atoms with Crippen molar-refractivity contribution in [2.75, 3.05) is 0 Å². The van der Waals surface area contributed by atoms with Crippen molar-refractivity contribution in [2.24, 2.45) is 0 Å². The van der Waals surface area contributed by atoms with E-state index in [9.17, 15) is 0 Å². The van der Waals surface area contributed by atoms with E-state index in [0.717, 1.165) is 11.3 Å². The molecule has 0 bridgehead atoms. The first kappa shape index (κ1) is 11.0. The van der Waals surface area contributed by atoms with Crippen LogP contribution < -0.4 is 0 Å². The molecule has 0 saturated carbocycles. The zero-order valence-corrected chi connectivity index (χ0v) is 9.57. The second kappa shape index (κ2) is 4.60. The van der Waals surface area contributed by atoms with Gasteiger partial charge in [0.25, 0.3) is 0 Å². The van der Waals surface area contributed by atoms with Gasteiger partial charge in [0.05, 0.1) is 17.3 Å². The van der Waals surface area contributed by atoms with Gasteiger partial charge in [-0.15, -0.1) is 0 Å². The molecule has 0 unspecified atom stereocenters. The van der Waals surface area contributed by atoms with Crippen molar-refractivity contribution in [3.63, 3.8) is 0 Å². The summed E-state index contributed by atoms with van der Waals surface area (Å²) in [5, 5.41) is 9.69. The molecule has 0 radical (unpaired) electrons. The normalized spacial score (nSPS) is 10.4. The summed E-state index contributed by atoms with van der Waals surface area (Å²) < 4.78 is 0. The molecule has 1 heterocycles. The highest BCUT2D eigenvalue weighted by Crippen LogP contribution is 2.24. The van der Waals surface area contributed by atoms with Gasteiger partial charge in [-0.3, -0.25) is 0 Å². The van der Waals surface area contributed by atoms with Crippen LogP contribution in [0, 0.1) is 6.92 Å². The van der Waals surface area contributed by atoms with Crippen LogP contribution in [0.5, 0.6) is 0 Å². The molecule has 3 nitrogen and oxygen atoms in total. The zero-order valence-electron chi connectivity index (χ0n) is 8.81. The van der Waals surface area contributed by atoms with Crippen molar-refractivity contribution in [2.45, 2.75) is 13.5 Å². The Morgan fingerprint density at radius 2 is 2.00 bits per heavy atom. The molecule has 0 fully saturated rings. The molecule has 4 heteroatoms. The first-order valence-electron chi connectivity index (χ1n) is 4.91. The molecule has 16 heavy (non-hydrogen) atoms. The SMILES string of the molecule is Cc1cc(CO)nc(-c2ccccc2Cl)n1. The minimum atomic E-state index is -0.0964. The van der Waals surface area contributed by atoms with E-state index in [1.807, 2.05) is 25.1 Å². The molecule has 2 aromatic rings. The van der Waals surface area contributed by atoms with Gasteiger partial charge < -0.3 is 5.11 Å². The molecule has 2 rings (SSSR count). The van der Waals surface area contributed by atoms with Crippen molar-refractivity contribution in [3.05, 3.63) is 46.7 Å². The fourth-order valence-electron chi connectivity index (χ4n) is 1.48. The fraction of sp³-hybridized carbons (Fsp3) is 0.167. The third-order valence-corrected chi connectivity index (χ3v) is 2.51. The van der Waals surface area contributed by atoms with Gasteiger partial charge in [0, 0.05) is 11.3 Å². The van der Waals surface area contributed by atoms with Crippen molar-refractivity contribution >= 4 is 11.6 Å². The van der Waals surface area contributed by atoms with E-state index in [0.29, 0.717) is 16.5 Å². The molecule has 0 aliphatic carbocycles. The maximum Gasteiger partial charge on any atom is 0.161 e. The summed E-state index contributed by atoms with van der Waals surface area (Å²) in [5.41, 5.74) is 2.19. The molecule has 1 N–H and O–H groups in total. The Morgan fingerprint density at radius 3 is 2.69 bits per heavy atom. The van der Waals surface area contributed by atoms with Crippen molar-refractivity contribution in [1.29, 1.82) is 0 Å². The minimum Gasteiger partial charge on any atom is -0.390 e. The number of benzene rings is 1. The Hall–Kier alpha value is -1.45. The standard InChI is InChI=1S/C12H11ClN2O/c1-8-6-9(7-16)15-12(14-8)10-4-2-3-5-11(10)13/h2-6,16H,7H2,1H3. The van der Waals surface area contributed by atoms with Crippen LogP contribution in [0.4, 0.5) is 0 Å². The first-order valence-corrected chi connectivity index (χ1v) is 5.29. The number of aliphatic hydroxyl groups excluding tert-OH is 1. The van der Waals surface area contributed by atoms with E-state index < -0.39 is 0 Å². The third-order valence-electron chi connectivity index (χ3n) is 2.18. The number of aliphatic hydroxyl groups is 1. The first-order chi connectivity index (χ1) is 7.70. The topological polar surface area (TPSA) is 46.0 Å². The maximum atomic E-state index is 9.08. The third kappa shape index (κ3) is 2.21. The minimum absolute atomic E-state index is 0.0964. The second-order valence-corrected chi connectivity index (χ2v) is 3.87. The van der Waals surface area contributed by atoms with E-state index in [4.69, 9.17) is 16.7 Å². The molecule has 0 aliphatic rings. The smallest absolute Gasteiger partial charge is 0.161 e. The molecule has 0 aliphatic heterocycles. The molecular formula is C12H11ClN2O. The van der Waals surface area contributed by atoms with Crippen LogP contribution in [0.15, 0.2) is 30.3 Å². The molecule has 0 atom stereocenters. The quantitative estimate of drug-likeness (QED) is 0.869. The summed E-state index contributed by atoms with van der Waals surface area (Å²) >= 11 is 6.06. The lowest BCUT2D eigenvalue weighted by Crippen LogP contribution is -1.98. The van der Waals surface area contributed by atoms with E-state index >= 15 is 0 Å². The zero-order chi connectivity index (χ0) is 11.5. The Morgan fingerprint density at radius 1 is 1.25 bits per heavy atom. The van der Waals surface area contributed by atoms with Crippen LogP contribution in [-0.4, -0.2) is 15.1 Å². The van der Waals surface area contributed by atoms with Crippen molar-refractivity contribution in [3.8, 4) is 11.4 Å². The van der Waals surface area contributed by atoms with Crippen LogP contribution >= 0.6 is 11.6 Å². The highest BCUT2D eigenvalue weighted by atomic mass is 35.5. The maximum absolute atomic E-state index is 9.08. The summed E-state index contributed by atoms with van der Waals surface area (Å²) in [6.07, 6.45) is 0. The van der Waals surface area contributed by atoms with E-state index in [1.54, 1.807) is 12.1 Å². The Bertz CT molecular complexity index is 514. The van der Waals surface area contributed by atoms with Gasteiger partial charge in [-0.05, 0) is 25.1 Å². The van der Waals surface area contributed by atoms with E-state index in [1.165, 1.54) is 0 Å². The summed E-state index contributed by atoms with van der Waals surface area (Å²) in [4.78, 5) is 8.54. The Kier molecular flexibility index (Phi) is 3.17. The summed E-state index contributed by atoms with van der Waals surface area (Å²) in [6.45, 7) is 1.77. The van der Waals surface area contributed by atoms with Crippen LogP contribution in [-0.2, 0) is 6.61 Å². The van der Waals surface area contributed by atoms with Gasteiger partial charge in [0.1, 0.15) is 0 Å². The molecule has 82 valence electrons.